The van der Waals surface area contributed by atoms with Gasteiger partial charge in [0.15, 0.2) is 6.29 Å². The molecule has 11 nitrogen and oxygen atoms in total. The van der Waals surface area contributed by atoms with E-state index in [-0.39, 0.29) is 34.9 Å². The van der Waals surface area contributed by atoms with Gasteiger partial charge in [0.05, 0.1) is 19.0 Å². The Bertz CT molecular complexity index is 1280. The molecule has 6 fully saturated rings. The van der Waals surface area contributed by atoms with E-state index in [0.29, 0.717) is 17.8 Å². The molecule has 6 aliphatic rings. The van der Waals surface area contributed by atoms with Crippen LogP contribution in [0.25, 0.3) is 0 Å². The second-order valence-electron chi connectivity index (χ2n) is 14.5. The smallest absolute Gasteiger partial charge is 0.335 e. The number of carbonyl (C=O) groups is 1. The molecule has 43 heavy (non-hydrogen) atoms. The molecule has 238 valence electrons. The lowest BCUT2D eigenvalue weighted by Crippen LogP contribution is -2.60. The predicted octanol–water partition coefficient (Wildman–Crippen LogP) is 1.62. The van der Waals surface area contributed by atoms with Gasteiger partial charge in [0.1, 0.15) is 42.2 Å². The molecule has 1 aromatic heterocycles. The third kappa shape index (κ3) is 4.26. The standard InChI is InChI=1S/C32H44O11/c1-15(34)40-27-23(16-4-7-22(35)39-14-16)31(3)11-9-19-20(32(31)28(27)43-32)6-5-17-12-18(8-10-30(17,19)2)41-29-26(38)25(37)24(36)21(13-33)42-29/h4,7,14,17-21,23-29,33,36-38H,5-6,8-13H2,1-3H3/t17-,18+,19+,20-,21-,23+,24-,25+,26-,27-,28-,29-,30+,31-,32-/m1/s1. The van der Waals surface area contributed by atoms with Crippen LogP contribution in [0.1, 0.15) is 77.2 Å². The van der Waals surface area contributed by atoms with Crippen molar-refractivity contribution in [3.8, 4) is 0 Å². The van der Waals surface area contributed by atoms with Crippen LogP contribution in [0, 0.1) is 28.6 Å². The Kier molecular flexibility index (Phi) is 7.17. The second-order valence-corrected chi connectivity index (χ2v) is 14.5. The molecule has 0 bridgehead atoms. The van der Waals surface area contributed by atoms with Gasteiger partial charge in [-0.3, -0.25) is 4.79 Å². The fourth-order valence-corrected chi connectivity index (χ4v) is 10.6. The van der Waals surface area contributed by atoms with Crippen LogP contribution < -0.4 is 5.63 Å². The number of aliphatic hydroxyl groups excluding tert-OH is 4. The average molecular weight is 605 g/mol. The quantitative estimate of drug-likeness (QED) is 0.219. The maximum Gasteiger partial charge on any atom is 0.335 e. The van der Waals surface area contributed by atoms with Crippen molar-refractivity contribution in [2.45, 2.75) is 126 Å². The molecule has 4 aliphatic carbocycles. The molecule has 4 saturated carbocycles. The van der Waals surface area contributed by atoms with Crippen molar-refractivity contribution in [2.75, 3.05) is 6.61 Å². The first-order chi connectivity index (χ1) is 20.4. The van der Waals surface area contributed by atoms with Crippen molar-refractivity contribution < 1.29 is 48.6 Å². The first-order valence-electron chi connectivity index (χ1n) is 15.8. The van der Waals surface area contributed by atoms with E-state index >= 15 is 0 Å². The van der Waals surface area contributed by atoms with Crippen LogP contribution in [0.3, 0.4) is 0 Å². The molecule has 3 heterocycles. The van der Waals surface area contributed by atoms with Crippen molar-refractivity contribution in [1.29, 1.82) is 0 Å². The van der Waals surface area contributed by atoms with E-state index in [1.165, 1.54) is 19.3 Å². The fourth-order valence-electron chi connectivity index (χ4n) is 10.6. The van der Waals surface area contributed by atoms with E-state index in [1.54, 1.807) is 6.07 Å². The van der Waals surface area contributed by atoms with Gasteiger partial charge in [-0.2, -0.15) is 0 Å². The van der Waals surface area contributed by atoms with Crippen LogP contribution in [0.5, 0.6) is 0 Å². The van der Waals surface area contributed by atoms with E-state index in [1.807, 2.05) is 0 Å². The maximum absolute atomic E-state index is 12.3. The molecule has 7 rings (SSSR count). The summed E-state index contributed by atoms with van der Waals surface area (Å²) >= 11 is 0. The number of ether oxygens (including phenoxy) is 4. The number of fused-ring (bicyclic) bond motifs is 3. The summed E-state index contributed by atoms with van der Waals surface area (Å²) in [5, 5.41) is 40.4. The van der Waals surface area contributed by atoms with Crippen molar-refractivity contribution >= 4 is 5.97 Å². The topological polar surface area (TPSA) is 168 Å². The summed E-state index contributed by atoms with van der Waals surface area (Å²) in [6.45, 7) is 5.61. The number of esters is 1. The van der Waals surface area contributed by atoms with Crippen molar-refractivity contribution in [2.24, 2.45) is 28.6 Å². The Labute approximate surface area is 250 Å². The summed E-state index contributed by atoms with van der Waals surface area (Å²) < 4.78 is 29.8. The van der Waals surface area contributed by atoms with Crippen molar-refractivity contribution in [3.63, 3.8) is 0 Å². The van der Waals surface area contributed by atoms with E-state index in [2.05, 4.69) is 13.8 Å². The van der Waals surface area contributed by atoms with E-state index in [0.717, 1.165) is 50.5 Å². The number of rotatable bonds is 5. The molecule has 1 spiro atoms. The Morgan fingerprint density at radius 1 is 1.02 bits per heavy atom. The zero-order chi connectivity index (χ0) is 30.5. The number of hydrogen-bond acceptors (Lipinski definition) is 11. The predicted molar refractivity (Wildman–Crippen MR) is 149 cm³/mol. The summed E-state index contributed by atoms with van der Waals surface area (Å²) in [7, 11) is 0. The minimum absolute atomic E-state index is 0.0549. The average Bonchev–Trinajstić information content (AvgIpc) is 3.68. The summed E-state index contributed by atoms with van der Waals surface area (Å²) in [4.78, 5) is 24.0. The normalized spacial score (nSPS) is 51.9. The highest BCUT2D eigenvalue weighted by Crippen LogP contribution is 2.78. The minimum atomic E-state index is -1.46. The van der Waals surface area contributed by atoms with Gasteiger partial charge in [0.2, 0.25) is 0 Å². The molecule has 11 heteroatoms. The van der Waals surface area contributed by atoms with Crippen LogP contribution in [0.15, 0.2) is 27.6 Å². The van der Waals surface area contributed by atoms with Crippen LogP contribution >= 0.6 is 0 Å². The summed E-state index contributed by atoms with van der Waals surface area (Å²) in [6, 6.07) is 3.24. The van der Waals surface area contributed by atoms with Gasteiger partial charge in [-0.25, -0.2) is 4.79 Å². The van der Waals surface area contributed by atoms with E-state index in [4.69, 9.17) is 23.4 Å². The fraction of sp³-hybridized carbons (Fsp3) is 0.812. The van der Waals surface area contributed by atoms with Gasteiger partial charge >= 0.3 is 11.6 Å². The molecule has 1 aromatic rings. The summed E-state index contributed by atoms with van der Waals surface area (Å²) in [6.07, 6.45) is 0.703. The third-order valence-electron chi connectivity index (χ3n) is 12.6. The summed E-state index contributed by atoms with van der Waals surface area (Å²) in [5.41, 5.74) is -0.180. The van der Waals surface area contributed by atoms with Gasteiger partial charge in [-0.15, -0.1) is 0 Å². The Hall–Kier alpha value is -1.86. The Morgan fingerprint density at radius 3 is 2.51 bits per heavy atom. The minimum Gasteiger partial charge on any atom is -0.459 e. The zero-order valence-electron chi connectivity index (χ0n) is 25.0. The molecular formula is C32H44O11. The molecule has 4 N–H and O–H groups in total. The molecule has 0 unspecified atom stereocenters. The Morgan fingerprint density at radius 2 is 1.81 bits per heavy atom. The molecule has 2 saturated heterocycles. The lowest BCUT2D eigenvalue weighted by atomic mass is 9.44. The molecule has 0 radical (unpaired) electrons. The van der Waals surface area contributed by atoms with Gasteiger partial charge in [0, 0.05) is 24.3 Å². The lowest BCUT2D eigenvalue weighted by Gasteiger charge is -2.61. The third-order valence-corrected chi connectivity index (χ3v) is 12.6. The van der Waals surface area contributed by atoms with E-state index < -0.39 is 54.6 Å². The molecule has 0 aromatic carbocycles. The number of carbonyl (C=O) groups excluding carboxylic acids is 1. The monoisotopic (exact) mass is 604 g/mol. The van der Waals surface area contributed by atoms with Crippen molar-refractivity contribution in [1.82, 2.24) is 0 Å². The number of epoxide rings is 1. The van der Waals surface area contributed by atoms with Crippen LogP contribution in [0.2, 0.25) is 0 Å². The molecule has 15 atom stereocenters. The largest absolute Gasteiger partial charge is 0.459 e. The van der Waals surface area contributed by atoms with Crippen LogP contribution in [0.4, 0.5) is 0 Å². The van der Waals surface area contributed by atoms with Crippen LogP contribution in [-0.4, -0.2) is 87.6 Å². The molecule has 2 aliphatic heterocycles. The summed E-state index contributed by atoms with van der Waals surface area (Å²) in [5.74, 6) is 0.640. The van der Waals surface area contributed by atoms with Gasteiger partial charge in [-0.1, -0.05) is 13.8 Å². The maximum atomic E-state index is 12.3. The number of aliphatic hydroxyl groups is 4. The van der Waals surface area contributed by atoms with Gasteiger partial charge in [0.25, 0.3) is 0 Å². The first kappa shape index (κ1) is 29.8. The first-order valence-corrected chi connectivity index (χ1v) is 15.8. The highest BCUT2D eigenvalue weighted by atomic mass is 16.7. The number of hydrogen-bond donors (Lipinski definition) is 4. The van der Waals surface area contributed by atoms with Gasteiger partial charge in [-0.05, 0) is 79.7 Å². The second kappa shape index (κ2) is 10.3. The molecular weight excluding hydrogens is 560 g/mol. The van der Waals surface area contributed by atoms with Gasteiger partial charge < -0.3 is 43.8 Å². The van der Waals surface area contributed by atoms with Crippen LogP contribution in [-0.2, 0) is 23.7 Å². The highest BCUT2D eigenvalue weighted by Gasteiger charge is 2.84. The lowest BCUT2D eigenvalue weighted by molar-refractivity contribution is -0.316. The zero-order valence-corrected chi connectivity index (χ0v) is 25.0. The Balaban J connectivity index is 1.11. The van der Waals surface area contributed by atoms with Crippen molar-refractivity contribution in [3.05, 3.63) is 34.4 Å². The SMILES string of the molecule is CC(=O)O[C@H]1[C@H]2O[C@]23[C@@H]2CC[C@@H]4C[C@@H](O[C@@H]5O[C@H](CO)[C@@H](O)[C@H](O)[C@H]5O)CC[C@]4(C)[C@H]2CC[C@]3(C)[C@H]1c1ccc(=O)oc1. The molecule has 0 amide bonds. The van der Waals surface area contributed by atoms with E-state index in [9.17, 15) is 30.0 Å². The highest BCUT2D eigenvalue weighted by molar-refractivity contribution is 5.66.